The summed E-state index contributed by atoms with van der Waals surface area (Å²) in [5.41, 5.74) is 0. The largest absolute Gasteiger partial charge is 0.314 e. The Bertz CT molecular complexity index is 185. The summed E-state index contributed by atoms with van der Waals surface area (Å²) in [4.78, 5) is 0. The van der Waals surface area contributed by atoms with Gasteiger partial charge in [0, 0.05) is 13.1 Å². The van der Waals surface area contributed by atoms with Crippen LogP contribution in [0, 0.1) is 0 Å². The van der Waals surface area contributed by atoms with Crippen LogP contribution >= 0.6 is 0 Å². The standard InChI is InChI=1S/C5H11NO2S/c1-5-4-6-2-3-9(5,7)8/h5-6H,2-4H2,1H3/t5-/m1/s1. The van der Waals surface area contributed by atoms with E-state index in [-0.39, 0.29) is 5.25 Å². The van der Waals surface area contributed by atoms with Gasteiger partial charge in [-0.15, -0.1) is 0 Å². The lowest BCUT2D eigenvalue weighted by Crippen LogP contribution is -2.42. The van der Waals surface area contributed by atoms with E-state index in [1.54, 1.807) is 6.92 Å². The minimum Gasteiger partial charge on any atom is -0.314 e. The maximum atomic E-state index is 10.9. The highest BCUT2D eigenvalue weighted by Gasteiger charge is 2.23. The van der Waals surface area contributed by atoms with Gasteiger partial charge in [0.2, 0.25) is 0 Å². The van der Waals surface area contributed by atoms with Crippen LogP contribution in [-0.4, -0.2) is 32.5 Å². The van der Waals surface area contributed by atoms with E-state index in [1.165, 1.54) is 0 Å². The Morgan fingerprint density at radius 3 is 2.56 bits per heavy atom. The highest BCUT2D eigenvalue weighted by molar-refractivity contribution is 7.92. The van der Waals surface area contributed by atoms with Crippen molar-refractivity contribution >= 4 is 9.84 Å². The van der Waals surface area contributed by atoms with Gasteiger partial charge in [-0.1, -0.05) is 0 Å². The highest BCUT2D eigenvalue weighted by atomic mass is 32.2. The van der Waals surface area contributed by atoms with E-state index in [4.69, 9.17) is 0 Å². The number of hydrogen-bond acceptors (Lipinski definition) is 3. The quantitative estimate of drug-likeness (QED) is 0.500. The smallest absolute Gasteiger partial charge is 0.155 e. The lowest BCUT2D eigenvalue weighted by Gasteiger charge is -2.18. The molecule has 1 fully saturated rings. The minimum absolute atomic E-state index is 0.189. The van der Waals surface area contributed by atoms with E-state index < -0.39 is 9.84 Å². The molecule has 0 spiro atoms. The molecule has 0 amide bonds. The summed E-state index contributed by atoms with van der Waals surface area (Å²) in [6.07, 6.45) is 0. The maximum absolute atomic E-state index is 10.9. The molecule has 4 heteroatoms. The highest BCUT2D eigenvalue weighted by Crippen LogP contribution is 2.03. The van der Waals surface area contributed by atoms with Crippen molar-refractivity contribution < 1.29 is 8.42 Å². The summed E-state index contributed by atoms with van der Waals surface area (Å²) in [6, 6.07) is 0. The first-order valence-electron chi connectivity index (χ1n) is 3.05. The molecule has 0 bridgehead atoms. The molecule has 1 saturated heterocycles. The molecule has 1 heterocycles. The molecule has 1 aliphatic rings. The third-order valence-corrected chi connectivity index (χ3v) is 3.77. The van der Waals surface area contributed by atoms with Gasteiger partial charge in [-0.3, -0.25) is 0 Å². The van der Waals surface area contributed by atoms with Crippen LogP contribution in [0.3, 0.4) is 0 Å². The van der Waals surface area contributed by atoms with Crippen molar-refractivity contribution in [3.05, 3.63) is 0 Å². The van der Waals surface area contributed by atoms with Crippen molar-refractivity contribution in [3.63, 3.8) is 0 Å². The first-order chi connectivity index (χ1) is 4.13. The fourth-order valence-corrected chi connectivity index (χ4v) is 2.05. The molecule has 1 N–H and O–H groups in total. The molecule has 0 saturated carbocycles. The van der Waals surface area contributed by atoms with Gasteiger partial charge in [-0.25, -0.2) is 8.42 Å². The first-order valence-corrected chi connectivity index (χ1v) is 4.77. The SMILES string of the molecule is C[C@@H]1CNCCS1(=O)=O. The second-order valence-electron chi connectivity index (χ2n) is 2.38. The zero-order valence-electron chi connectivity index (χ0n) is 5.42. The van der Waals surface area contributed by atoms with Gasteiger partial charge in [0.1, 0.15) is 0 Å². The normalized spacial score (nSPS) is 34.1. The number of nitrogens with one attached hydrogen (secondary N) is 1. The Kier molecular flexibility index (Phi) is 1.77. The van der Waals surface area contributed by atoms with E-state index in [1.807, 2.05) is 0 Å². The molecule has 1 aliphatic heterocycles. The zero-order chi connectivity index (χ0) is 6.91. The molecular formula is C5H11NO2S. The Hall–Kier alpha value is -0.0900. The van der Waals surface area contributed by atoms with E-state index in [9.17, 15) is 8.42 Å². The van der Waals surface area contributed by atoms with Crippen LogP contribution in [0.4, 0.5) is 0 Å². The van der Waals surface area contributed by atoms with Gasteiger partial charge in [-0.05, 0) is 6.92 Å². The molecule has 3 nitrogen and oxygen atoms in total. The van der Waals surface area contributed by atoms with Crippen LogP contribution in [0.25, 0.3) is 0 Å². The predicted molar refractivity (Wildman–Crippen MR) is 36.1 cm³/mol. The molecule has 1 rings (SSSR count). The molecule has 0 unspecified atom stereocenters. The monoisotopic (exact) mass is 149 g/mol. The molecule has 0 aliphatic carbocycles. The predicted octanol–water partition coefficient (Wildman–Crippen LogP) is -0.607. The van der Waals surface area contributed by atoms with Crippen molar-refractivity contribution in [1.29, 1.82) is 0 Å². The van der Waals surface area contributed by atoms with Gasteiger partial charge >= 0.3 is 0 Å². The van der Waals surface area contributed by atoms with E-state index >= 15 is 0 Å². The molecule has 0 radical (unpaired) electrons. The topological polar surface area (TPSA) is 46.2 Å². The minimum atomic E-state index is -2.72. The summed E-state index contributed by atoms with van der Waals surface area (Å²) < 4.78 is 21.9. The lowest BCUT2D eigenvalue weighted by molar-refractivity contribution is 0.554. The molecular weight excluding hydrogens is 138 g/mol. The first kappa shape index (κ1) is 7.02. The molecule has 0 aromatic rings. The van der Waals surface area contributed by atoms with Crippen LogP contribution in [0.5, 0.6) is 0 Å². The zero-order valence-corrected chi connectivity index (χ0v) is 6.24. The summed E-state index contributed by atoms with van der Waals surface area (Å²) in [5.74, 6) is 0.300. The molecule has 0 aromatic carbocycles. The van der Waals surface area contributed by atoms with Crippen LogP contribution in [-0.2, 0) is 9.84 Å². The average molecular weight is 149 g/mol. The van der Waals surface area contributed by atoms with E-state index in [0.29, 0.717) is 18.8 Å². The Labute approximate surface area is 55.4 Å². The second-order valence-corrected chi connectivity index (χ2v) is 4.92. The Morgan fingerprint density at radius 1 is 1.56 bits per heavy atom. The van der Waals surface area contributed by atoms with Crippen LogP contribution in [0.1, 0.15) is 6.92 Å². The second kappa shape index (κ2) is 2.27. The van der Waals surface area contributed by atoms with E-state index in [0.717, 1.165) is 0 Å². The number of sulfone groups is 1. The number of hydrogen-bond donors (Lipinski definition) is 1. The fraction of sp³-hybridized carbons (Fsp3) is 1.00. The van der Waals surface area contributed by atoms with Crippen LogP contribution in [0.2, 0.25) is 0 Å². The summed E-state index contributed by atoms with van der Waals surface area (Å²) in [7, 11) is -2.72. The van der Waals surface area contributed by atoms with Gasteiger partial charge in [0.25, 0.3) is 0 Å². The molecule has 9 heavy (non-hydrogen) atoms. The molecule has 54 valence electrons. The maximum Gasteiger partial charge on any atom is 0.155 e. The van der Waals surface area contributed by atoms with Crippen molar-refractivity contribution in [3.8, 4) is 0 Å². The molecule has 1 atom stereocenters. The van der Waals surface area contributed by atoms with Gasteiger partial charge in [0.05, 0.1) is 11.0 Å². The third-order valence-electron chi connectivity index (χ3n) is 1.61. The molecule has 0 aromatic heterocycles. The average Bonchev–Trinajstić information content (AvgIpc) is 1.77. The van der Waals surface area contributed by atoms with Gasteiger partial charge in [0.15, 0.2) is 9.84 Å². The Balaban J connectivity index is 2.72. The Morgan fingerprint density at radius 2 is 2.22 bits per heavy atom. The summed E-state index contributed by atoms with van der Waals surface area (Å²) in [6.45, 7) is 2.97. The summed E-state index contributed by atoms with van der Waals surface area (Å²) >= 11 is 0. The van der Waals surface area contributed by atoms with Crippen molar-refractivity contribution in [1.82, 2.24) is 5.32 Å². The lowest BCUT2D eigenvalue weighted by atomic mass is 10.4. The van der Waals surface area contributed by atoms with Gasteiger partial charge in [-0.2, -0.15) is 0 Å². The van der Waals surface area contributed by atoms with Crippen molar-refractivity contribution in [2.24, 2.45) is 0 Å². The van der Waals surface area contributed by atoms with Crippen LogP contribution < -0.4 is 5.32 Å². The van der Waals surface area contributed by atoms with E-state index in [2.05, 4.69) is 5.32 Å². The van der Waals surface area contributed by atoms with Crippen molar-refractivity contribution in [2.75, 3.05) is 18.8 Å². The van der Waals surface area contributed by atoms with Gasteiger partial charge < -0.3 is 5.32 Å². The number of rotatable bonds is 0. The third kappa shape index (κ3) is 1.43. The fourth-order valence-electron chi connectivity index (χ4n) is 0.848. The summed E-state index contributed by atoms with van der Waals surface area (Å²) in [5, 5.41) is 2.82. The van der Waals surface area contributed by atoms with Crippen LogP contribution in [0.15, 0.2) is 0 Å². The van der Waals surface area contributed by atoms with Crippen molar-refractivity contribution in [2.45, 2.75) is 12.2 Å².